The summed E-state index contributed by atoms with van der Waals surface area (Å²) < 4.78 is 0. The van der Waals surface area contributed by atoms with Crippen LogP contribution in [0.2, 0.25) is 0 Å². The Balaban J connectivity index is 1.60. The SMILES string of the molecule is CN(CCNC(=O)N1CCN(CC(=O)O)CC1)C1CC1. The van der Waals surface area contributed by atoms with Crippen molar-refractivity contribution in [2.45, 2.75) is 18.9 Å². The van der Waals surface area contributed by atoms with Gasteiger partial charge in [-0.25, -0.2) is 4.79 Å². The van der Waals surface area contributed by atoms with E-state index < -0.39 is 5.97 Å². The Hall–Kier alpha value is -1.34. The van der Waals surface area contributed by atoms with E-state index in [1.54, 1.807) is 4.90 Å². The molecule has 2 amide bonds. The summed E-state index contributed by atoms with van der Waals surface area (Å²) in [5.74, 6) is -0.814. The molecule has 1 aliphatic carbocycles. The Morgan fingerprint density at radius 2 is 1.90 bits per heavy atom. The summed E-state index contributed by atoms with van der Waals surface area (Å²) >= 11 is 0. The van der Waals surface area contributed by atoms with Crippen LogP contribution in [0.1, 0.15) is 12.8 Å². The fourth-order valence-corrected chi connectivity index (χ4v) is 2.45. The third kappa shape index (κ3) is 4.64. The van der Waals surface area contributed by atoms with Crippen molar-refractivity contribution in [2.75, 3.05) is 52.9 Å². The van der Waals surface area contributed by atoms with Gasteiger partial charge in [-0.15, -0.1) is 0 Å². The fourth-order valence-electron chi connectivity index (χ4n) is 2.45. The van der Waals surface area contributed by atoms with Crippen molar-refractivity contribution in [3.8, 4) is 0 Å². The van der Waals surface area contributed by atoms with E-state index in [9.17, 15) is 9.59 Å². The molecule has 2 fully saturated rings. The number of carboxylic acids is 1. The van der Waals surface area contributed by atoms with Crippen LogP contribution in [0.5, 0.6) is 0 Å². The molecular weight excluding hydrogens is 260 g/mol. The maximum Gasteiger partial charge on any atom is 0.317 e. The van der Waals surface area contributed by atoms with E-state index in [2.05, 4.69) is 17.3 Å². The average molecular weight is 284 g/mol. The highest BCUT2D eigenvalue weighted by Crippen LogP contribution is 2.24. The van der Waals surface area contributed by atoms with E-state index in [1.165, 1.54) is 12.8 Å². The van der Waals surface area contributed by atoms with Crippen molar-refractivity contribution in [3.63, 3.8) is 0 Å². The van der Waals surface area contributed by atoms with Gasteiger partial charge in [-0.2, -0.15) is 0 Å². The van der Waals surface area contributed by atoms with Crippen molar-refractivity contribution in [1.82, 2.24) is 20.0 Å². The largest absolute Gasteiger partial charge is 0.480 e. The van der Waals surface area contributed by atoms with Gasteiger partial charge in [-0.1, -0.05) is 0 Å². The zero-order chi connectivity index (χ0) is 14.5. The predicted molar refractivity (Wildman–Crippen MR) is 74.7 cm³/mol. The van der Waals surface area contributed by atoms with E-state index in [0.29, 0.717) is 38.8 Å². The lowest BCUT2D eigenvalue weighted by Crippen LogP contribution is -2.53. The molecule has 1 aliphatic heterocycles. The molecule has 0 unspecified atom stereocenters. The smallest absolute Gasteiger partial charge is 0.317 e. The normalized spacial score (nSPS) is 20.2. The van der Waals surface area contributed by atoms with Gasteiger partial charge in [0.15, 0.2) is 0 Å². The topological polar surface area (TPSA) is 76.1 Å². The quantitative estimate of drug-likeness (QED) is 0.687. The first-order chi connectivity index (χ1) is 9.56. The highest BCUT2D eigenvalue weighted by atomic mass is 16.4. The number of carbonyl (C=O) groups excluding carboxylic acids is 1. The molecule has 2 N–H and O–H groups in total. The van der Waals surface area contributed by atoms with E-state index in [1.807, 2.05) is 4.90 Å². The standard InChI is InChI=1S/C13H24N4O3/c1-15(11-2-3-11)5-4-14-13(20)17-8-6-16(7-9-17)10-12(18)19/h11H,2-10H2,1H3,(H,14,20)(H,18,19). The molecule has 0 aromatic carbocycles. The summed E-state index contributed by atoms with van der Waals surface area (Å²) in [7, 11) is 2.09. The van der Waals surface area contributed by atoms with Gasteiger partial charge in [-0.05, 0) is 19.9 Å². The second kappa shape index (κ2) is 6.90. The molecule has 7 nitrogen and oxygen atoms in total. The Morgan fingerprint density at radius 3 is 2.45 bits per heavy atom. The number of nitrogens with zero attached hydrogens (tertiary/aromatic N) is 3. The Labute approximate surface area is 119 Å². The first-order valence-corrected chi connectivity index (χ1v) is 7.23. The highest BCUT2D eigenvalue weighted by molar-refractivity contribution is 5.74. The minimum Gasteiger partial charge on any atom is -0.480 e. The van der Waals surface area contributed by atoms with Crippen molar-refractivity contribution in [3.05, 3.63) is 0 Å². The minimum atomic E-state index is -0.814. The summed E-state index contributed by atoms with van der Waals surface area (Å²) in [6.45, 7) is 4.05. The maximum atomic E-state index is 12.0. The van der Waals surface area contributed by atoms with Gasteiger partial charge < -0.3 is 20.2 Å². The molecule has 0 bridgehead atoms. The molecule has 1 saturated carbocycles. The minimum absolute atomic E-state index is 0.0378. The number of piperazine rings is 1. The summed E-state index contributed by atoms with van der Waals surface area (Å²) in [4.78, 5) is 28.5. The molecule has 2 aliphatic rings. The van der Waals surface area contributed by atoms with Crippen LogP contribution in [0.25, 0.3) is 0 Å². The molecular formula is C13H24N4O3. The van der Waals surface area contributed by atoms with Gasteiger partial charge in [0.05, 0.1) is 6.54 Å². The second-order valence-corrected chi connectivity index (χ2v) is 5.60. The van der Waals surface area contributed by atoms with Crippen LogP contribution < -0.4 is 5.32 Å². The first kappa shape index (κ1) is 15.1. The van der Waals surface area contributed by atoms with Crippen LogP contribution in [0, 0.1) is 0 Å². The fraction of sp³-hybridized carbons (Fsp3) is 0.846. The summed E-state index contributed by atoms with van der Waals surface area (Å²) in [5.41, 5.74) is 0. The molecule has 0 aromatic rings. The van der Waals surface area contributed by atoms with Crippen LogP contribution in [0.4, 0.5) is 4.79 Å². The van der Waals surface area contributed by atoms with Crippen LogP contribution in [0.15, 0.2) is 0 Å². The van der Waals surface area contributed by atoms with Crippen LogP contribution in [-0.4, -0.2) is 90.7 Å². The number of hydrogen-bond donors (Lipinski definition) is 2. The van der Waals surface area contributed by atoms with Gasteiger partial charge in [0.1, 0.15) is 0 Å². The van der Waals surface area contributed by atoms with Gasteiger partial charge in [-0.3, -0.25) is 9.69 Å². The van der Waals surface area contributed by atoms with Crippen LogP contribution in [0.3, 0.4) is 0 Å². The maximum absolute atomic E-state index is 12.0. The molecule has 0 atom stereocenters. The van der Waals surface area contributed by atoms with Gasteiger partial charge in [0, 0.05) is 45.3 Å². The molecule has 0 radical (unpaired) electrons. The predicted octanol–water partition coefficient (Wildman–Crippen LogP) is -0.508. The number of aliphatic carboxylic acids is 1. The highest BCUT2D eigenvalue weighted by Gasteiger charge is 2.26. The Bertz CT molecular complexity index is 352. The zero-order valence-corrected chi connectivity index (χ0v) is 12.0. The third-order valence-corrected chi connectivity index (χ3v) is 3.93. The number of amides is 2. The van der Waals surface area contributed by atoms with Gasteiger partial charge in [0.2, 0.25) is 0 Å². The Kier molecular flexibility index (Phi) is 5.19. The lowest BCUT2D eigenvalue weighted by atomic mass is 10.3. The lowest BCUT2D eigenvalue weighted by molar-refractivity contribution is -0.138. The molecule has 1 heterocycles. The number of rotatable bonds is 6. The molecule has 0 spiro atoms. The monoisotopic (exact) mass is 284 g/mol. The van der Waals surface area contributed by atoms with E-state index >= 15 is 0 Å². The van der Waals surface area contributed by atoms with Crippen molar-refractivity contribution >= 4 is 12.0 Å². The third-order valence-electron chi connectivity index (χ3n) is 3.93. The van der Waals surface area contributed by atoms with E-state index in [0.717, 1.165) is 6.54 Å². The average Bonchev–Trinajstić information content (AvgIpc) is 3.23. The molecule has 0 aromatic heterocycles. The zero-order valence-electron chi connectivity index (χ0n) is 12.0. The van der Waals surface area contributed by atoms with E-state index in [4.69, 9.17) is 5.11 Å². The van der Waals surface area contributed by atoms with Crippen molar-refractivity contribution in [2.24, 2.45) is 0 Å². The Morgan fingerprint density at radius 1 is 1.25 bits per heavy atom. The summed E-state index contributed by atoms with van der Waals surface area (Å²) in [5, 5.41) is 11.7. The molecule has 1 saturated heterocycles. The van der Waals surface area contributed by atoms with Crippen LogP contribution >= 0.6 is 0 Å². The van der Waals surface area contributed by atoms with Crippen molar-refractivity contribution in [1.29, 1.82) is 0 Å². The molecule has 20 heavy (non-hydrogen) atoms. The van der Waals surface area contributed by atoms with Gasteiger partial charge >= 0.3 is 12.0 Å². The first-order valence-electron chi connectivity index (χ1n) is 7.23. The number of carbonyl (C=O) groups is 2. The lowest BCUT2D eigenvalue weighted by Gasteiger charge is -2.33. The summed E-state index contributed by atoms with van der Waals surface area (Å²) in [6.07, 6.45) is 2.55. The number of urea groups is 1. The summed E-state index contributed by atoms with van der Waals surface area (Å²) in [6, 6.07) is 0.677. The molecule has 7 heteroatoms. The van der Waals surface area contributed by atoms with Crippen LogP contribution in [-0.2, 0) is 4.79 Å². The van der Waals surface area contributed by atoms with E-state index in [-0.39, 0.29) is 12.6 Å². The second-order valence-electron chi connectivity index (χ2n) is 5.60. The van der Waals surface area contributed by atoms with Crippen molar-refractivity contribution < 1.29 is 14.7 Å². The van der Waals surface area contributed by atoms with Gasteiger partial charge in [0.25, 0.3) is 0 Å². The number of nitrogens with one attached hydrogen (secondary N) is 1. The molecule has 114 valence electrons. The number of carboxylic acid groups (broad SMARTS) is 1. The number of hydrogen-bond acceptors (Lipinski definition) is 4. The molecule has 2 rings (SSSR count). The number of likely N-dealkylation sites (N-methyl/N-ethyl adjacent to an activating group) is 1.